The van der Waals surface area contributed by atoms with Crippen LogP contribution in [0.1, 0.15) is 11.3 Å². The van der Waals surface area contributed by atoms with Crippen LogP contribution >= 0.6 is 0 Å². The predicted molar refractivity (Wildman–Crippen MR) is 103 cm³/mol. The van der Waals surface area contributed by atoms with Gasteiger partial charge in [0.15, 0.2) is 5.65 Å². The number of anilines is 1. The fourth-order valence-electron chi connectivity index (χ4n) is 3.02. The van der Waals surface area contributed by atoms with Gasteiger partial charge in [-0.05, 0) is 36.8 Å². The zero-order valence-corrected chi connectivity index (χ0v) is 14.9. The van der Waals surface area contributed by atoms with Gasteiger partial charge in [-0.3, -0.25) is 4.98 Å². The molecule has 0 saturated heterocycles. The lowest BCUT2D eigenvalue weighted by Gasteiger charge is -2.18. The molecule has 0 atom stereocenters. The van der Waals surface area contributed by atoms with Gasteiger partial charge in [-0.25, -0.2) is 14.6 Å². The van der Waals surface area contributed by atoms with E-state index >= 15 is 0 Å². The summed E-state index contributed by atoms with van der Waals surface area (Å²) in [5.74, 6) is 0.879. The van der Waals surface area contributed by atoms with Gasteiger partial charge in [-0.2, -0.15) is 5.10 Å². The van der Waals surface area contributed by atoms with Gasteiger partial charge >= 0.3 is 0 Å². The Kier molecular flexibility index (Phi) is 4.31. The number of hydrogen-bond donors (Lipinski definition) is 0. The second-order valence-corrected chi connectivity index (χ2v) is 6.32. The van der Waals surface area contributed by atoms with E-state index in [-0.39, 0.29) is 0 Å². The number of benzene rings is 1. The van der Waals surface area contributed by atoms with Crippen molar-refractivity contribution in [1.82, 2.24) is 24.7 Å². The van der Waals surface area contributed by atoms with E-state index in [4.69, 9.17) is 0 Å². The van der Waals surface area contributed by atoms with E-state index in [1.54, 1.807) is 6.33 Å². The van der Waals surface area contributed by atoms with Gasteiger partial charge in [0, 0.05) is 31.9 Å². The van der Waals surface area contributed by atoms with Crippen LogP contribution < -0.4 is 4.90 Å². The third-order valence-electron chi connectivity index (χ3n) is 4.38. The number of aromatic nitrogens is 5. The van der Waals surface area contributed by atoms with E-state index in [9.17, 15) is 0 Å². The van der Waals surface area contributed by atoms with Crippen LogP contribution in [0, 0.1) is 6.92 Å². The minimum Gasteiger partial charge on any atom is -0.359 e. The number of likely N-dealkylation sites (N-methyl/N-ethyl adjacent to an activating group) is 1. The number of aryl methyl sites for hydroxylation is 1. The maximum atomic E-state index is 4.54. The SMILES string of the molecule is Cc1cccc(-n2ncc3c(N(C)CCc4ccccn4)ncnc32)c1. The molecule has 0 saturated carbocycles. The Morgan fingerprint density at radius 1 is 1.04 bits per heavy atom. The van der Waals surface area contributed by atoms with Gasteiger partial charge in [-0.15, -0.1) is 0 Å². The van der Waals surface area contributed by atoms with Crippen molar-refractivity contribution < 1.29 is 0 Å². The molecule has 1 aromatic carbocycles. The molecule has 0 radical (unpaired) electrons. The summed E-state index contributed by atoms with van der Waals surface area (Å²) in [6, 6.07) is 14.2. The highest BCUT2D eigenvalue weighted by Crippen LogP contribution is 2.24. The molecule has 0 spiro atoms. The molecule has 6 nitrogen and oxygen atoms in total. The first kappa shape index (κ1) is 16.2. The molecule has 3 aromatic heterocycles. The molecule has 0 bridgehead atoms. The van der Waals surface area contributed by atoms with Gasteiger partial charge in [0.1, 0.15) is 12.1 Å². The van der Waals surface area contributed by atoms with Crippen molar-refractivity contribution in [3.05, 3.63) is 72.4 Å². The van der Waals surface area contributed by atoms with Gasteiger partial charge in [0.2, 0.25) is 0 Å². The summed E-state index contributed by atoms with van der Waals surface area (Å²) in [7, 11) is 2.04. The lowest BCUT2D eigenvalue weighted by atomic mass is 10.2. The van der Waals surface area contributed by atoms with E-state index in [1.807, 2.05) is 54.5 Å². The van der Waals surface area contributed by atoms with Crippen LogP contribution in [-0.2, 0) is 6.42 Å². The summed E-state index contributed by atoms with van der Waals surface area (Å²) in [4.78, 5) is 15.5. The Morgan fingerprint density at radius 3 is 2.77 bits per heavy atom. The van der Waals surface area contributed by atoms with E-state index in [0.717, 1.165) is 41.2 Å². The fraction of sp³-hybridized carbons (Fsp3) is 0.200. The summed E-state index contributed by atoms with van der Waals surface area (Å²) >= 11 is 0. The minimum atomic E-state index is 0.810. The first-order chi connectivity index (χ1) is 12.7. The van der Waals surface area contributed by atoms with Gasteiger partial charge in [-0.1, -0.05) is 18.2 Å². The van der Waals surface area contributed by atoms with Crippen LogP contribution in [0.3, 0.4) is 0 Å². The van der Waals surface area contributed by atoms with Crippen LogP contribution in [0.2, 0.25) is 0 Å². The van der Waals surface area contributed by atoms with Crippen molar-refractivity contribution in [2.75, 3.05) is 18.5 Å². The lowest BCUT2D eigenvalue weighted by molar-refractivity contribution is 0.840. The molecule has 0 unspecified atom stereocenters. The highest BCUT2D eigenvalue weighted by molar-refractivity contribution is 5.87. The summed E-state index contributed by atoms with van der Waals surface area (Å²) < 4.78 is 1.86. The zero-order chi connectivity index (χ0) is 17.9. The van der Waals surface area contributed by atoms with Crippen molar-refractivity contribution in [2.24, 2.45) is 0 Å². The van der Waals surface area contributed by atoms with Crippen LogP contribution in [0.15, 0.2) is 61.2 Å². The molecule has 0 aliphatic rings. The molecule has 4 rings (SSSR count). The highest BCUT2D eigenvalue weighted by atomic mass is 15.3. The van der Waals surface area contributed by atoms with Gasteiger partial charge < -0.3 is 4.90 Å². The van der Waals surface area contributed by atoms with E-state index in [2.05, 4.69) is 44.0 Å². The highest BCUT2D eigenvalue weighted by Gasteiger charge is 2.14. The monoisotopic (exact) mass is 344 g/mol. The molecular weight excluding hydrogens is 324 g/mol. The third-order valence-corrected chi connectivity index (χ3v) is 4.38. The smallest absolute Gasteiger partial charge is 0.168 e. The second-order valence-electron chi connectivity index (χ2n) is 6.32. The van der Waals surface area contributed by atoms with Crippen molar-refractivity contribution in [3.63, 3.8) is 0 Å². The quantitative estimate of drug-likeness (QED) is 0.556. The number of fused-ring (bicyclic) bond motifs is 1. The first-order valence-corrected chi connectivity index (χ1v) is 8.59. The number of nitrogens with zero attached hydrogens (tertiary/aromatic N) is 6. The largest absolute Gasteiger partial charge is 0.359 e. The topological polar surface area (TPSA) is 59.7 Å². The van der Waals surface area contributed by atoms with Gasteiger partial charge in [0.05, 0.1) is 17.3 Å². The molecule has 3 heterocycles. The fourth-order valence-corrected chi connectivity index (χ4v) is 3.02. The molecule has 0 aliphatic heterocycles. The van der Waals surface area contributed by atoms with Crippen molar-refractivity contribution in [1.29, 1.82) is 0 Å². The molecular formula is C20H20N6. The van der Waals surface area contributed by atoms with Crippen molar-refractivity contribution in [2.45, 2.75) is 13.3 Å². The summed E-state index contributed by atoms with van der Waals surface area (Å²) in [6.45, 7) is 2.89. The van der Waals surface area contributed by atoms with Gasteiger partial charge in [0.25, 0.3) is 0 Å². The van der Waals surface area contributed by atoms with Crippen LogP contribution in [0.5, 0.6) is 0 Å². The summed E-state index contributed by atoms with van der Waals surface area (Å²) in [5.41, 5.74) is 4.07. The molecule has 130 valence electrons. The Bertz CT molecular complexity index is 1020. The number of rotatable bonds is 5. The molecule has 0 aliphatic carbocycles. The maximum absolute atomic E-state index is 4.54. The molecule has 0 amide bonds. The Balaban J connectivity index is 1.64. The lowest BCUT2D eigenvalue weighted by Crippen LogP contribution is -2.22. The standard InChI is InChI=1S/C20H20N6/c1-15-6-5-8-17(12-15)26-20-18(13-24-26)19(22-14-23-20)25(2)11-9-16-7-3-4-10-21-16/h3-8,10,12-14H,9,11H2,1-2H3. The average molecular weight is 344 g/mol. The summed E-state index contributed by atoms with van der Waals surface area (Å²) in [5, 5.41) is 5.49. The molecule has 6 heteroatoms. The van der Waals surface area contributed by atoms with Crippen LogP contribution in [0.4, 0.5) is 5.82 Å². The normalized spacial score (nSPS) is 11.0. The Labute approximate surface area is 152 Å². The third kappa shape index (κ3) is 3.13. The van der Waals surface area contributed by atoms with E-state index in [1.165, 1.54) is 5.56 Å². The van der Waals surface area contributed by atoms with Crippen molar-refractivity contribution >= 4 is 16.9 Å². The molecule has 26 heavy (non-hydrogen) atoms. The molecule has 0 N–H and O–H groups in total. The minimum absolute atomic E-state index is 0.810. The Hall–Kier alpha value is -3.28. The van der Waals surface area contributed by atoms with Crippen molar-refractivity contribution in [3.8, 4) is 5.69 Å². The number of pyridine rings is 1. The van der Waals surface area contributed by atoms with E-state index in [0.29, 0.717) is 0 Å². The predicted octanol–water partition coefficient (Wildman–Crippen LogP) is 3.20. The number of hydrogen-bond acceptors (Lipinski definition) is 5. The maximum Gasteiger partial charge on any atom is 0.168 e. The zero-order valence-electron chi connectivity index (χ0n) is 14.9. The Morgan fingerprint density at radius 2 is 1.96 bits per heavy atom. The average Bonchev–Trinajstić information content (AvgIpc) is 3.11. The summed E-state index contributed by atoms with van der Waals surface area (Å²) in [6.07, 6.45) is 6.12. The first-order valence-electron chi connectivity index (χ1n) is 8.59. The van der Waals surface area contributed by atoms with Crippen LogP contribution in [-0.4, -0.2) is 38.3 Å². The van der Waals surface area contributed by atoms with E-state index < -0.39 is 0 Å². The molecule has 4 aromatic rings. The van der Waals surface area contributed by atoms with Crippen LogP contribution in [0.25, 0.3) is 16.7 Å². The second kappa shape index (κ2) is 6.92. The molecule has 0 fully saturated rings.